The minimum Gasteiger partial charge on any atom is -0.479 e. The number of ether oxygens (including phenoxy) is 1. The molecular weight excluding hydrogens is 740 g/mol. The molecule has 0 unspecified atom stereocenters. The van der Waals surface area contributed by atoms with Crippen molar-refractivity contribution in [1.29, 1.82) is 0 Å². The van der Waals surface area contributed by atoms with Crippen LogP contribution in [0.4, 0.5) is 0 Å². The Morgan fingerprint density at radius 2 is 1.02 bits per heavy atom. The van der Waals surface area contributed by atoms with Crippen molar-refractivity contribution in [2.75, 3.05) is 6.61 Å². The minimum absolute atomic E-state index is 0.264. The van der Waals surface area contributed by atoms with Gasteiger partial charge in [0.15, 0.2) is 0 Å². The first-order valence-corrected chi connectivity index (χ1v) is 17.2. The van der Waals surface area contributed by atoms with Gasteiger partial charge in [0.25, 0.3) is 11.8 Å². The van der Waals surface area contributed by atoms with Gasteiger partial charge in [-0.1, -0.05) is 92.5 Å². The van der Waals surface area contributed by atoms with Crippen molar-refractivity contribution in [2.45, 2.75) is 57.5 Å². The number of aliphatic carboxylic acids is 1. The lowest BCUT2D eigenvalue weighted by Gasteiger charge is -2.28. The lowest BCUT2D eigenvalue weighted by Crippen LogP contribution is -2.56. The predicted octanol–water partition coefficient (Wildman–Crippen LogP) is 6.70. The molecule has 0 heterocycles. The second-order valence-electron chi connectivity index (χ2n) is 12.2. The number of hydrogen-bond donors (Lipinski definition) is 3. The van der Waals surface area contributed by atoms with Crippen LogP contribution in [-0.2, 0) is 40.0 Å². The summed E-state index contributed by atoms with van der Waals surface area (Å²) < 4.78 is 6.97. The number of amides is 2. The number of carbonyl (C=O) groups excluding carboxylic acids is 3. The number of fused-ring (bicyclic) bond motifs is 2. The Bertz CT molecular complexity index is 1860. The third-order valence-corrected chi connectivity index (χ3v) is 10.7. The number of esters is 1. The number of carboxylic acid groups (broad SMARTS) is 1. The van der Waals surface area contributed by atoms with Crippen molar-refractivity contribution in [3.63, 3.8) is 0 Å². The molecule has 2 amide bonds. The molecule has 0 saturated heterocycles. The number of benzene rings is 4. The second-order valence-corrected chi connectivity index (χ2v) is 13.9. The lowest BCUT2D eigenvalue weighted by atomic mass is 9.94. The summed E-state index contributed by atoms with van der Waals surface area (Å²) in [6, 6.07) is 26.3. The van der Waals surface area contributed by atoms with Crippen LogP contribution in [0.25, 0.3) is 0 Å². The van der Waals surface area contributed by atoms with E-state index in [1.807, 2.05) is 80.6 Å². The Hall–Kier alpha value is -4.28. The first-order valence-electron chi connectivity index (χ1n) is 15.6. The number of rotatable bonds is 7. The largest absolute Gasteiger partial charge is 0.479 e. The van der Waals surface area contributed by atoms with Crippen LogP contribution in [0.5, 0.6) is 0 Å². The van der Waals surface area contributed by atoms with Crippen LogP contribution in [0.1, 0.15) is 61.0 Å². The van der Waals surface area contributed by atoms with E-state index in [4.69, 9.17) is 4.74 Å². The topological polar surface area (TPSA) is 122 Å². The molecule has 2 aliphatic rings. The summed E-state index contributed by atoms with van der Waals surface area (Å²) in [6.45, 7) is 5.76. The molecule has 48 heavy (non-hydrogen) atoms. The first kappa shape index (κ1) is 35.0. The van der Waals surface area contributed by atoms with E-state index in [-0.39, 0.29) is 24.4 Å². The molecule has 0 bridgehead atoms. The normalized spacial score (nSPS) is 14.9. The summed E-state index contributed by atoms with van der Waals surface area (Å²) in [6.07, 6.45) is 1.50. The van der Waals surface area contributed by atoms with E-state index < -0.39 is 17.0 Å². The van der Waals surface area contributed by atoms with E-state index in [9.17, 15) is 24.3 Å². The maximum atomic E-state index is 12.9. The van der Waals surface area contributed by atoms with Gasteiger partial charge in [-0.25, -0.2) is 9.59 Å². The van der Waals surface area contributed by atoms with E-state index in [1.165, 1.54) is 0 Å². The van der Waals surface area contributed by atoms with E-state index in [2.05, 4.69) is 42.5 Å². The zero-order valence-corrected chi connectivity index (χ0v) is 30.0. The summed E-state index contributed by atoms with van der Waals surface area (Å²) in [7, 11) is 0. The van der Waals surface area contributed by atoms with Crippen LogP contribution in [0.15, 0.2) is 93.9 Å². The monoisotopic (exact) mass is 774 g/mol. The Morgan fingerprint density at radius 1 is 0.646 bits per heavy atom. The van der Waals surface area contributed by atoms with Gasteiger partial charge >= 0.3 is 11.9 Å². The minimum atomic E-state index is -1.28. The first-order chi connectivity index (χ1) is 22.9. The fourth-order valence-corrected chi connectivity index (χ4v) is 7.08. The molecule has 0 radical (unpaired) electrons. The molecule has 8 nitrogen and oxygen atoms in total. The quantitative estimate of drug-likeness (QED) is 0.180. The van der Waals surface area contributed by atoms with Crippen molar-refractivity contribution < 1.29 is 29.0 Å². The Kier molecular flexibility index (Phi) is 10.6. The molecule has 4 aromatic rings. The zero-order chi connectivity index (χ0) is 34.6. The van der Waals surface area contributed by atoms with E-state index >= 15 is 0 Å². The highest BCUT2D eigenvalue weighted by molar-refractivity contribution is 9.10. The number of carboxylic acids is 1. The molecule has 2 aliphatic carbocycles. The summed E-state index contributed by atoms with van der Waals surface area (Å²) >= 11 is 6.84. The van der Waals surface area contributed by atoms with Gasteiger partial charge < -0.3 is 20.5 Å². The van der Waals surface area contributed by atoms with Crippen LogP contribution in [-0.4, -0.2) is 46.5 Å². The molecule has 0 aromatic heterocycles. The number of halogens is 2. The van der Waals surface area contributed by atoms with Gasteiger partial charge in [-0.3, -0.25) is 9.59 Å². The maximum Gasteiger partial charge on any atom is 0.332 e. The number of nitrogens with one attached hydrogen (secondary N) is 2. The molecule has 3 N–H and O–H groups in total. The van der Waals surface area contributed by atoms with Gasteiger partial charge in [0.2, 0.25) is 0 Å². The average molecular weight is 777 g/mol. The maximum absolute atomic E-state index is 12.9. The van der Waals surface area contributed by atoms with E-state index in [1.54, 1.807) is 25.1 Å². The molecule has 0 fully saturated rings. The summed E-state index contributed by atoms with van der Waals surface area (Å²) in [5, 5.41) is 15.5. The van der Waals surface area contributed by atoms with Crippen molar-refractivity contribution in [3.8, 4) is 0 Å². The third kappa shape index (κ3) is 7.10. The smallest absolute Gasteiger partial charge is 0.332 e. The molecule has 248 valence electrons. The summed E-state index contributed by atoms with van der Waals surface area (Å²) in [5.41, 5.74) is 4.42. The number of carbonyl (C=O) groups is 4. The van der Waals surface area contributed by atoms with Crippen molar-refractivity contribution >= 4 is 55.6 Å². The predicted molar refractivity (Wildman–Crippen MR) is 190 cm³/mol. The van der Waals surface area contributed by atoms with Crippen LogP contribution in [0.2, 0.25) is 0 Å². The standard InChI is InChI=1S/C20H20BrNO3.C18H16BrNO3/c1-3-25-19(24)20(11-14-7-4-5-8-15(14)12-20)22-18(23)16-9-6-10-17(21)13(16)2;1-11-14(7-4-8-15(11)19)16(21)20-18(17(22)23)9-12-5-2-3-6-13(12)10-18/h4-10H,3,11-12H2,1-2H3,(H,22,23);2-8H,9-10H2,1H3,(H,20,21)(H,22,23). The molecule has 6 rings (SSSR count). The Morgan fingerprint density at radius 3 is 1.40 bits per heavy atom. The van der Waals surface area contributed by atoms with Gasteiger partial charge in [-0.05, 0) is 78.4 Å². The van der Waals surface area contributed by atoms with Crippen LogP contribution < -0.4 is 10.6 Å². The van der Waals surface area contributed by atoms with Crippen molar-refractivity contribution in [3.05, 3.63) is 138 Å². The fourth-order valence-electron chi connectivity index (χ4n) is 6.35. The fraction of sp³-hybridized carbons (Fsp3) is 0.263. The van der Waals surface area contributed by atoms with Crippen molar-refractivity contribution in [2.24, 2.45) is 0 Å². The van der Waals surface area contributed by atoms with Crippen LogP contribution in [0.3, 0.4) is 0 Å². The Balaban J connectivity index is 0.000000188. The average Bonchev–Trinajstić information content (AvgIpc) is 3.63. The highest BCUT2D eigenvalue weighted by Crippen LogP contribution is 2.33. The molecule has 0 spiro atoms. The molecule has 0 aliphatic heterocycles. The van der Waals surface area contributed by atoms with Gasteiger partial charge in [-0.15, -0.1) is 0 Å². The van der Waals surface area contributed by atoms with Gasteiger partial charge in [-0.2, -0.15) is 0 Å². The SMILES string of the molecule is CCOC(=O)C1(NC(=O)c2cccc(Br)c2C)Cc2ccccc2C1.Cc1c(Br)cccc1C(=O)NC1(C(=O)O)Cc2ccccc2C1. The number of hydrogen-bond acceptors (Lipinski definition) is 5. The zero-order valence-electron chi connectivity index (χ0n) is 26.9. The Labute approximate surface area is 296 Å². The van der Waals surface area contributed by atoms with Crippen LogP contribution >= 0.6 is 31.9 Å². The van der Waals surface area contributed by atoms with Crippen molar-refractivity contribution in [1.82, 2.24) is 10.6 Å². The van der Waals surface area contributed by atoms with E-state index in [0.717, 1.165) is 42.3 Å². The van der Waals surface area contributed by atoms with Gasteiger partial charge in [0.05, 0.1) is 6.61 Å². The van der Waals surface area contributed by atoms with E-state index in [0.29, 0.717) is 36.8 Å². The second kappa shape index (κ2) is 14.5. The summed E-state index contributed by atoms with van der Waals surface area (Å²) in [4.78, 5) is 50.1. The highest BCUT2D eigenvalue weighted by atomic mass is 79.9. The van der Waals surface area contributed by atoms with Gasteiger partial charge in [0, 0.05) is 45.8 Å². The molecule has 4 aromatic carbocycles. The summed E-state index contributed by atoms with van der Waals surface area (Å²) in [5.74, 6) is -2.01. The third-order valence-electron chi connectivity index (χ3n) is 9.01. The molecule has 10 heteroatoms. The molecular formula is C38H36Br2N2O6. The highest BCUT2D eigenvalue weighted by Gasteiger charge is 2.47. The molecule has 0 saturated carbocycles. The van der Waals surface area contributed by atoms with Crippen LogP contribution in [0, 0.1) is 13.8 Å². The lowest BCUT2D eigenvalue weighted by molar-refractivity contribution is -0.150. The molecule has 0 atom stereocenters. The van der Waals surface area contributed by atoms with Gasteiger partial charge in [0.1, 0.15) is 11.1 Å².